The first-order valence-electron chi connectivity index (χ1n) is 6.95. The van der Waals surface area contributed by atoms with Gasteiger partial charge >= 0.3 is 0 Å². The van der Waals surface area contributed by atoms with Crippen LogP contribution in [0.15, 0.2) is 24.3 Å². The molecular formula is C14H21FN2O2S. The third kappa shape index (κ3) is 5.19. The van der Waals surface area contributed by atoms with Gasteiger partial charge in [0.15, 0.2) is 0 Å². The zero-order valence-corrected chi connectivity index (χ0v) is 12.4. The van der Waals surface area contributed by atoms with Crippen LogP contribution in [0.2, 0.25) is 0 Å². The molecule has 1 atom stereocenters. The Labute approximate surface area is 119 Å². The molecule has 0 radical (unpaired) electrons. The molecule has 1 aromatic rings. The summed E-state index contributed by atoms with van der Waals surface area (Å²) in [4.78, 5) is 0. The molecule has 0 amide bonds. The maximum Gasteiger partial charge on any atom is 0.212 e. The number of rotatable bonds is 8. The first kappa shape index (κ1) is 15.4. The molecule has 1 saturated carbocycles. The fraction of sp³-hybridized carbons (Fsp3) is 0.571. The van der Waals surface area contributed by atoms with Crippen LogP contribution >= 0.6 is 0 Å². The molecule has 0 saturated heterocycles. The van der Waals surface area contributed by atoms with Gasteiger partial charge in [0, 0.05) is 12.1 Å². The van der Waals surface area contributed by atoms with Crippen LogP contribution in [0, 0.1) is 5.82 Å². The minimum atomic E-state index is -3.33. The van der Waals surface area contributed by atoms with Crippen molar-refractivity contribution in [1.29, 1.82) is 0 Å². The van der Waals surface area contributed by atoms with Gasteiger partial charge in [-0.05, 0) is 50.4 Å². The summed E-state index contributed by atoms with van der Waals surface area (Å²) in [7, 11) is -3.33. The van der Waals surface area contributed by atoms with Crippen molar-refractivity contribution in [2.24, 2.45) is 0 Å². The summed E-state index contributed by atoms with van der Waals surface area (Å²) in [5.74, 6) is -0.269. The van der Waals surface area contributed by atoms with Crippen LogP contribution in [-0.2, 0) is 10.0 Å². The quantitative estimate of drug-likeness (QED) is 0.722. The number of sulfonamides is 1. The lowest BCUT2D eigenvalue weighted by molar-refractivity contribution is 0.559. The lowest BCUT2D eigenvalue weighted by atomic mass is 10.1. The fourth-order valence-electron chi connectivity index (χ4n) is 2.03. The molecule has 6 heteroatoms. The topological polar surface area (TPSA) is 58.2 Å². The maximum atomic E-state index is 13.1. The van der Waals surface area contributed by atoms with Gasteiger partial charge in [0.25, 0.3) is 0 Å². The van der Waals surface area contributed by atoms with Gasteiger partial charge in [0.2, 0.25) is 10.0 Å². The molecule has 0 bridgehead atoms. The Kier molecular flexibility index (Phi) is 5.12. The smallest absolute Gasteiger partial charge is 0.212 e. The van der Waals surface area contributed by atoms with Crippen LogP contribution in [0.4, 0.5) is 4.39 Å². The van der Waals surface area contributed by atoms with Gasteiger partial charge in [0.05, 0.1) is 5.75 Å². The van der Waals surface area contributed by atoms with Gasteiger partial charge in [-0.15, -0.1) is 0 Å². The van der Waals surface area contributed by atoms with Crippen molar-refractivity contribution in [3.63, 3.8) is 0 Å². The second-order valence-electron chi connectivity index (χ2n) is 5.30. The normalized spacial score (nSPS) is 17.1. The minimum Gasteiger partial charge on any atom is -0.314 e. The average molecular weight is 300 g/mol. The Morgan fingerprint density at radius 3 is 2.80 bits per heavy atom. The lowest BCUT2D eigenvalue weighted by Crippen LogP contribution is -2.30. The summed E-state index contributed by atoms with van der Waals surface area (Å²) in [5, 5.41) is 3.28. The van der Waals surface area contributed by atoms with Gasteiger partial charge in [-0.2, -0.15) is 0 Å². The van der Waals surface area contributed by atoms with Crippen molar-refractivity contribution in [3.8, 4) is 0 Å². The molecule has 0 aliphatic heterocycles. The highest BCUT2D eigenvalue weighted by Gasteiger charge is 2.20. The first-order chi connectivity index (χ1) is 9.46. The molecule has 1 aliphatic rings. The van der Waals surface area contributed by atoms with E-state index < -0.39 is 16.1 Å². The van der Waals surface area contributed by atoms with Crippen LogP contribution in [0.25, 0.3) is 0 Å². The Morgan fingerprint density at radius 1 is 1.40 bits per heavy atom. The highest BCUT2D eigenvalue weighted by atomic mass is 32.2. The van der Waals surface area contributed by atoms with Crippen molar-refractivity contribution in [3.05, 3.63) is 35.6 Å². The van der Waals surface area contributed by atoms with E-state index in [0.29, 0.717) is 18.0 Å². The molecule has 20 heavy (non-hydrogen) atoms. The van der Waals surface area contributed by atoms with E-state index >= 15 is 0 Å². The molecule has 0 spiro atoms. The first-order valence-corrected chi connectivity index (χ1v) is 8.60. The van der Waals surface area contributed by atoms with Crippen molar-refractivity contribution in [1.82, 2.24) is 10.0 Å². The molecule has 1 fully saturated rings. The number of benzene rings is 1. The number of hydrogen-bond acceptors (Lipinski definition) is 3. The Bertz CT molecular complexity index is 544. The third-order valence-electron chi connectivity index (χ3n) is 3.31. The number of nitrogens with one attached hydrogen (secondary N) is 2. The predicted octanol–water partition coefficient (Wildman–Crippen LogP) is 1.95. The standard InChI is InChI=1S/C14H21FN2O2S/c1-11(12-4-2-5-13(15)10-12)17-20(18,19)9-3-8-16-14-6-7-14/h2,4-5,10-11,14,16-17H,3,6-9H2,1H3. The van der Waals surface area contributed by atoms with Gasteiger partial charge in [-0.3, -0.25) is 0 Å². The monoisotopic (exact) mass is 300 g/mol. The molecule has 112 valence electrons. The van der Waals surface area contributed by atoms with E-state index in [0.717, 1.165) is 6.54 Å². The molecular weight excluding hydrogens is 279 g/mol. The molecule has 0 aromatic heterocycles. The number of halogens is 1. The zero-order valence-electron chi connectivity index (χ0n) is 11.6. The van der Waals surface area contributed by atoms with Crippen molar-refractivity contribution >= 4 is 10.0 Å². The maximum absolute atomic E-state index is 13.1. The molecule has 1 aliphatic carbocycles. The Hall–Kier alpha value is -0.980. The molecule has 2 rings (SSSR count). The predicted molar refractivity (Wildman–Crippen MR) is 77.4 cm³/mol. The minimum absolute atomic E-state index is 0.0897. The molecule has 0 heterocycles. The molecule has 4 nitrogen and oxygen atoms in total. The van der Waals surface area contributed by atoms with E-state index in [-0.39, 0.29) is 11.6 Å². The summed E-state index contributed by atoms with van der Waals surface area (Å²) < 4.78 is 39.5. The fourth-order valence-corrected chi connectivity index (χ4v) is 3.35. The highest BCUT2D eigenvalue weighted by Crippen LogP contribution is 2.18. The highest BCUT2D eigenvalue weighted by molar-refractivity contribution is 7.89. The lowest BCUT2D eigenvalue weighted by Gasteiger charge is -2.14. The average Bonchev–Trinajstić information content (AvgIpc) is 3.18. The Balaban J connectivity index is 1.80. The van der Waals surface area contributed by atoms with Crippen molar-refractivity contribution < 1.29 is 12.8 Å². The van der Waals surface area contributed by atoms with Crippen molar-refractivity contribution in [2.75, 3.05) is 12.3 Å². The number of hydrogen-bond donors (Lipinski definition) is 2. The summed E-state index contributed by atoms with van der Waals surface area (Å²) >= 11 is 0. The largest absolute Gasteiger partial charge is 0.314 e. The molecule has 1 aromatic carbocycles. The molecule has 1 unspecified atom stereocenters. The summed E-state index contributed by atoms with van der Waals surface area (Å²) in [6, 6.07) is 6.15. The second-order valence-corrected chi connectivity index (χ2v) is 7.17. The summed E-state index contributed by atoms with van der Waals surface area (Å²) in [6.07, 6.45) is 2.98. The Morgan fingerprint density at radius 2 is 2.15 bits per heavy atom. The van der Waals surface area contributed by atoms with Gasteiger partial charge in [-0.1, -0.05) is 12.1 Å². The van der Waals surface area contributed by atoms with Crippen LogP contribution in [0.5, 0.6) is 0 Å². The van der Waals surface area contributed by atoms with E-state index in [9.17, 15) is 12.8 Å². The summed E-state index contributed by atoms with van der Waals surface area (Å²) in [6.45, 7) is 2.44. The van der Waals surface area contributed by atoms with Crippen molar-refractivity contribution in [2.45, 2.75) is 38.3 Å². The van der Waals surface area contributed by atoms with E-state index in [1.54, 1.807) is 19.1 Å². The van der Waals surface area contributed by atoms with Crippen LogP contribution in [0.3, 0.4) is 0 Å². The van der Waals surface area contributed by atoms with E-state index in [1.807, 2.05) is 0 Å². The van der Waals surface area contributed by atoms with Crippen LogP contribution in [-0.4, -0.2) is 26.8 Å². The van der Waals surface area contributed by atoms with Gasteiger partial charge in [0.1, 0.15) is 5.82 Å². The SMILES string of the molecule is CC(NS(=O)(=O)CCCNC1CC1)c1cccc(F)c1. The van der Waals surface area contributed by atoms with Gasteiger partial charge in [-0.25, -0.2) is 17.5 Å². The van der Waals surface area contributed by atoms with Gasteiger partial charge < -0.3 is 5.32 Å². The zero-order chi connectivity index (χ0) is 14.6. The summed E-state index contributed by atoms with van der Waals surface area (Å²) in [5.41, 5.74) is 0.629. The van der Waals surface area contributed by atoms with E-state index in [1.165, 1.54) is 25.0 Å². The van der Waals surface area contributed by atoms with E-state index in [2.05, 4.69) is 10.0 Å². The van der Waals surface area contributed by atoms with Crippen LogP contribution in [0.1, 0.15) is 37.8 Å². The second kappa shape index (κ2) is 6.65. The molecule has 2 N–H and O–H groups in total. The third-order valence-corrected chi connectivity index (χ3v) is 4.84. The van der Waals surface area contributed by atoms with E-state index in [4.69, 9.17) is 0 Å². The van der Waals surface area contributed by atoms with Crippen LogP contribution < -0.4 is 10.0 Å².